The van der Waals surface area contributed by atoms with Gasteiger partial charge in [-0.3, -0.25) is 9.59 Å². The summed E-state index contributed by atoms with van der Waals surface area (Å²) < 4.78 is 11.1. The maximum atomic E-state index is 13.0. The van der Waals surface area contributed by atoms with E-state index in [1.807, 2.05) is 43.3 Å². The van der Waals surface area contributed by atoms with Crippen molar-refractivity contribution < 1.29 is 19.1 Å². The van der Waals surface area contributed by atoms with Crippen LogP contribution in [-0.2, 0) is 9.59 Å². The summed E-state index contributed by atoms with van der Waals surface area (Å²) in [5.41, 5.74) is 2.14. The fourth-order valence-corrected chi connectivity index (χ4v) is 3.38. The first kappa shape index (κ1) is 17.2. The van der Waals surface area contributed by atoms with Crippen molar-refractivity contribution >= 4 is 28.9 Å². The number of fused-ring (bicyclic) bond motifs is 2. The molecule has 2 aromatic rings. The molecule has 0 bridgehead atoms. The molecule has 140 valence electrons. The normalized spacial score (nSPS) is 18.2. The highest BCUT2D eigenvalue weighted by Gasteiger charge is 2.29. The second kappa shape index (κ2) is 7.19. The third-order valence-electron chi connectivity index (χ3n) is 4.61. The molecule has 7 heteroatoms. The van der Waals surface area contributed by atoms with Gasteiger partial charge in [0.1, 0.15) is 13.2 Å². The Labute approximate surface area is 157 Å². The topological polar surface area (TPSA) is 79.9 Å². The molecule has 2 heterocycles. The van der Waals surface area contributed by atoms with Gasteiger partial charge in [-0.25, -0.2) is 0 Å². The van der Waals surface area contributed by atoms with Crippen LogP contribution in [0.15, 0.2) is 42.5 Å². The second-order valence-corrected chi connectivity index (χ2v) is 6.59. The number of anilines is 3. The molecule has 0 aliphatic carbocycles. The molecule has 2 aliphatic rings. The van der Waals surface area contributed by atoms with E-state index in [4.69, 9.17) is 9.47 Å². The number of carbonyl (C=O) groups is 2. The molecule has 0 saturated heterocycles. The molecule has 1 atom stereocenters. The molecule has 2 aliphatic heterocycles. The Morgan fingerprint density at radius 2 is 1.96 bits per heavy atom. The number of benzene rings is 2. The van der Waals surface area contributed by atoms with Gasteiger partial charge in [-0.15, -0.1) is 0 Å². The van der Waals surface area contributed by atoms with Gasteiger partial charge < -0.3 is 25.0 Å². The average molecular weight is 367 g/mol. The van der Waals surface area contributed by atoms with E-state index in [0.29, 0.717) is 36.1 Å². The lowest BCUT2D eigenvalue weighted by Crippen LogP contribution is -2.42. The fraction of sp³-hybridized carbons (Fsp3) is 0.300. The number of nitrogens with zero attached hydrogens (tertiary/aromatic N) is 1. The molecule has 2 N–H and O–H groups in total. The molecular formula is C20H21N3O4. The maximum absolute atomic E-state index is 13.0. The number of rotatable bonds is 3. The Morgan fingerprint density at radius 3 is 2.81 bits per heavy atom. The zero-order chi connectivity index (χ0) is 18.8. The van der Waals surface area contributed by atoms with Crippen LogP contribution in [0.3, 0.4) is 0 Å². The van der Waals surface area contributed by atoms with E-state index >= 15 is 0 Å². The molecule has 0 unspecified atom stereocenters. The number of nitrogens with one attached hydrogen (secondary N) is 2. The van der Waals surface area contributed by atoms with Crippen molar-refractivity contribution in [1.82, 2.24) is 0 Å². The Morgan fingerprint density at radius 1 is 1.19 bits per heavy atom. The first-order valence-electron chi connectivity index (χ1n) is 8.96. The third-order valence-corrected chi connectivity index (χ3v) is 4.61. The van der Waals surface area contributed by atoms with E-state index in [1.165, 1.54) is 0 Å². The van der Waals surface area contributed by atoms with Crippen LogP contribution in [0.25, 0.3) is 0 Å². The van der Waals surface area contributed by atoms with E-state index in [-0.39, 0.29) is 30.8 Å². The van der Waals surface area contributed by atoms with Crippen LogP contribution in [0.5, 0.6) is 11.5 Å². The van der Waals surface area contributed by atoms with Gasteiger partial charge in [0.15, 0.2) is 11.5 Å². The monoisotopic (exact) mass is 367 g/mol. The number of amides is 2. The van der Waals surface area contributed by atoms with Crippen LogP contribution >= 0.6 is 0 Å². The fourth-order valence-electron chi connectivity index (χ4n) is 3.38. The number of carbonyl (C=O) groups excluding carboxylic acids is 2. The summed E-state index contributed by atoms with van der Waals surface area (Å²) in [5, 5.41) is 6.00. The predicted molar refractivity (Wildman–Crippen MR) is 103 cm³/mol. The Balaban J connectivity index is 1.51. The zero-order valence-electron chi connectivity index (χ0n) is 15.0. The summed E-state index contributed by atoms with van der Waals surface area (Å²) in [5.74, 6) is 1.17. The summed E-state index contributed by atoms with van der Waals surface area (Å²) >= 11 is 0. The highest BCUT2D eigenvalue weighted by atomic mass is 16.6. The summed E-state index contributed by atoms with van der Waals surface area (Å²) in [4.78, 5) is 26.7. The number of para-hydroxylation sites is 2. The van der Waals surface area contributed by atoms with Crippen LogP contribution in [0.1, 0.15) is 13.3 Å². The minimum absolute atomic E-state index is 0.0926. The summed E-state index contributed by atoms with van der Waals surface area (Å²) in [6.07, 6.45) is 0.254. The molecule has 0 fully saturated rings. The van der Waals surface area contributed by atoms with Crippen molar-refractivity contribution in [1.29, 1.82) is 0 Å². The Bertz CT molecular complexity index is 883. The van der Waals surface area contributed by atoms with Crippen molar-refractivity contribution in [3.05, 3.63) is 42.5 Å². The lowest BCUT2D eigenvalue weighted by molar-refractivity contribution is -0.118. The average Bonchev–Trinajstić information content (AvgIpc) is 2.80. The number of hydrogen-bond donors (Lipinski definition) is 2. The maximum Gasteiger partial charge on any atom is 0.246 e. The molecular weight excluding hydrogens is 346 g/mol. The third kappa shape index (κ3) is 3.53. The quantitative estimate of drug-likeness (QED) is 0.872. The molecule has 27 heavy (non-hydrogen) atoms. The molecule has 0 spiro atoms. The number of ether oxygens (including phenoxy) is 2. The predicted octanol–water partition coefficient (Wildman–Crippen LogP) is 2.63. The van der Waals surface area contributed by atoms with Crippen LogP contribution in [0.4, 0.5) is 17.1 Å². The van der Waals surface area contributed by atoms with Gasteiger partial charge in [0.2, 0.25) is 11.8 Å². The van der Waals surface area contributed by atoms with Crippen molar-refractivity contribution in [3.8, 4) is 11.5 Å². The molecule has 2 aromatic carbocycles. The second-order valence-electron chi connectivity index (χ2n) is 6.59. The van der Waals surface area contributed by atoms with Gasteiger partial charge >= 0.3 is 0 Å². The standard InChI is InChI=1S/C20H21N3O4/c1-13-10-19(24)22-15-4-2-3-5-16(15)23(13)20(25)12-21-14-6-7-17-18(11-14)27-9-8-26-17/h2-7,11,13,21H,8-10,12H2,1H3,(H,22,24)/t13-/m0/s1. The van der Waals surface area contributed by atoms with Gasteiger partial charge in [0.25, 0.3) is 0 Å². The zero-order valence-corrected chi connectivity index (χ0v) is 15.0. The first-order valence-corrected chi connectivity index (χ1v) is 8.96. The van der Waals surface area contributed by atoms with Crippen molar-refractivity contribution in [2.75, 3.05) is 35.3 Å². The smallest absolute Gasteiger partial charge is 0.246 e. The highest BCUT2D eigenvalue weighted by molar-refractivity contribution is 6.05. The van der Waals surface area contributed by atoms with E-state index in [1.54, 1.807) is 11.0 Å². The summed E-state index contributed by atoms with van der Waals surface area (Å²) in [6.45, 7) is 3.03. The van der Waals surface area contributed by atoms with Crippen molar-refractivity contribution in [3.63, 3.8) is 0 Å². The molecule has 0 radical (unpaired) electrons. The van der Waals surface area contributed by atoms with Crippen molar-refractivity contribution in [2.45, 2.75) is 19.4 Å². The van der Waals surface area contributed by atoms with Gasteiger partial charge in [0, 0.05) is 24.2 Å². The minimum Gasteiger partial charge on any atom is -0.486 e. The van der Waals surface area contributed by atoms with Crippen LogP contribution in [0, 0.1) is 0 Å². The number of hydrogen-bond acceptors (Lipinski definition) is 5. The van der Waals surface area contributed by atoms with Crippen LogP contribution in [0.2, 0.25) is 0 Å². The highest BCUT2D eigenvalue weighted by Crippen LogP contribution is 2.33. The van der Waals surface area contributed by atoms with Gasteiger partial charge in [-0.2, -0.15) is 0 Å². The van der Waals surface area contributed by atoms with Crippen LogP contribution < -0.4 is 25.0 Å². The lowest BCUT2D eigenvalue weighted by Gasteiger charge is -2.28. The summed E-state index contributed by atoms with van der Waals surface area (Å²) in [7, 11) is 0. The lowest BCUT2D eigenvalue weighted by atomic mass is 10.1. The summed E-state index contributed by atoms with van der Waals surface area (Å²) in [6, 6.07) is 12.6. The van der Waals surface area contributed by atoms with Crippen LogP contribution in [-0.4, -0.2) is 37.6 Å². The first-order chi connectivity index (χ1) is 13.1. The SMILES string of the molecule is C[C@H]1CC(=O)Nc2ccccc2N1C(=O)CNc1ccc2c(c1)OCCO2. The molecule has 7 nitrogen and oxygen atoms in total. The minimum atomic E-state index is -0.233. The molecule has 0 aromatic heterocycles. The van der Waals surface area contributed by atoms with Crippen molar-refractivity contribution in [2.24, 2.45) is 0 Å². The van der Waals surface area contributed by atoms with E-state index in [9.17, 15) is 9.59 Å². The Hall–Kier alpha value is -3.22. The van der Waals surface area contributed by atoms with Gasteiger partial charge in [-0.1, -0.05) is 12.1 Å². The largest absolute Gasteiger partial charge is 0.486 e. The Kier molecular flexibility index (Phi) is 4.58. The van der Waals surface area contributed by atoms with E-state index in [2.05, 4.69) is 10.6 Å². The van der Waals surface area contributed by atoms with E-state index in [0.717, 1.165) is 5.69 Å². The molecule has 2 amide bonds. The molecule has 4 rings (SSSR count). The van der Waals surface area contributed by atoms with Gasteiger partial charge in [0.05, 0.1) is 17.9 Å². The van der Waals surface area contributed by atoms with Gasteiger partial charge in [-0.05, 0) is 31.2 Å². The van der Waals surface area contributed by atoms with E-state index < -0.39 is 0 Å². The molecule has 0 saturated carbocycles.